The van der Waals surface area contributed by atoms with Gasteiger partial charge in [0, 0.05) is 87.4 Å². The number of likely N-dealkylation sites (N-methyl/N-ethyl adjacent to an activating group) is 1. The van der Waals surface area contributed by atoms with E-state index in [0.29, 0.717) is 48.2 Å². The Kier molecular flexibility index (Phi) is 7.29. The summed E-state index contributed by atoms with van der Waals surface area (Å²) in [5, 5.41) is 19.0. The highest BCUT2D eigenvalue weighted by Crippen LogP contribution is 2.44. The van der Waals surface area contributed by atoms with Crippen LogP contribution >= 0.6 is 0 Å². The van der Waals surface area contributed by atoms with Gasteiger partial charge in [-0.05, 0) is 57.9 Å². The molecule has 1 unspecified atom stereocenters. The molecule has 3 aromatic rings. The van der Waals surface area contributed by atoms with Crippen molar-refractivity contribution in [1.29, 1.82) is 5.26 Å². The molecule has 4 fully saturated rings. The molecule has 1 spiro atoms. The molecule has 6 heterocycles. The summed E-state index contributed by atoms with van der Waals surface area (Å²) in [7, 11) is 2.22. The minimum Gasteiger partial charge on any atom is -0.355 e. The SMILES string of the molecule is C=CC(=O)N1CC2(CCN(c3nc(N4CCC(N5CCN(C)C(C)C5)CC4)nc(-c4c(C)ccc5[nH]ncc45)c3C#N)C2)C1. The first-order chi connectivity index (χ1) is 21.3. The predicted octanol–water partition coefficient (Wildman–Crippen LogP) is 3.03. The largest absolute Gasteiger partial charge is 0.355 e. The summed E-state index contributed by atoms with van der Waals surface area (Å²) in [5.41, 5.74) is 4.09. The van der Waals surface area contributed by atoms with Crippen LogP contribution in [0, 0.1) is 23.7 Å². The molecule has 11 nitrogen and oxygen atoms in total. The van der Waals surface area contributed by atoms with Crippen LogP contribution < -0.4 is 9.80 Å². The zero-order valence-electron chi connectivity index (χ0n) is 26.1. The Hall–Kier alpha value is -4.01. The van der Waals surface area contributed by atoms with Crippen molar-refractivity contribution < 1.29 is 4.79 Å². The predicted molar refractivity (Wildman–Crippen MR) is 172 cm³/mol. The Morgan fingerprint density at radius 1 is 1.11 bits per heavy atom. The van der Waals surface area contributed by atoms with Crippen molar-refractivity contribution >= 4 is 28.6 Å². The van der Waals surface area contributed by atoms with Gasteiger partial charge < -0.3 is 19.6 Å². The van der Waals surface area contributed by atoms with Crippen molar-refractivity contribution in [2.75, 3.05) is 75.8 Å². The normalized spacial score (nSPS) is 22.9. The number of hydrogen-bond donors (Lipinski definition) is 1. The standard InChI is InChI=1S/C33H42N10O/c1-5-28(44)43-20-33(21-43)10-13-42(19-33)31-25(16-34)30(29-22(2)6-7-27-26(29)17-35-38-27)36-32(37-31)40-11-8-24(9-12-40)41-15-14-39(4)23(3)18-41/h5-7,17,23-24H,1,8-15,18-21H2,2-4H3,(H,35,38). The second-order valence-corrected chi connectivity index (χ2v) is 13.4. The van der Waals surface area contributed by atoms with Crippen LogP contribution in [0.4, 0.5) is 11.8 Å². The lowest BCUT2D eigenvalue weighted by Crippen LogP contribution is -2.59. The minimum atomic E-state index is -0.0171. The van der Waals surface area contributed by atoms with Crippen LogP contribution in [0.25, 0.3) is 22.2 Å². The average molecular weight is 595 g/mol. The highest BCUT2D eigenvalue weighted by Gasteiger charge is 2.49. The van der Waals surface area contributed by atoms with Gasteiger partial charge in [0.25, 0.3) is 0 Å². The molecule has 230 valence electrons. The maximum absolute atomic E-state index is 12.2. The van der Waals surface area contributed by atoms with Gasteiger partial charge in [0.05, 0.1) is 17.4 Å². The molecule has 4 aliphatic rings. The maximum Gasteiger partial charge on any atom is 0.245 e. The number of piperidine rings is 1. The third-order valence-electron chi connectivity index (χ3n) is 10.6. The molecule has 1 amide bonds. The number of carbonyl (C=O) groups is 1. The Morgan fingerprint density at radius 2 is 1.91 bits per heavy atom. The molecule has 2 aromatic heterocycles. The van der Waals surface area contributed by atoms with E-state index in [4.69, 9.17) is 9.97 Å². The van der Waals surface area contributed by atoms with Crippen LogP contribution in [0.1, 0.15) is 37.3 Å². The molecule has 0 bridgehead atoms. The van der Waals surface area contributed by atoms with E-state index in [1.807, 2.05) is 17.2 Å². The van der Waals surface area contributed by atoms with E-state index < -0.39 is 0 Å². The van der Waals surface area contributed by atoms with Crippen LogP contribution in [0.3, 0.4) is 0 Å². The van der Waals surface area contributed by atoms with Crippen LogP contribution in [0.2, 0.25) is 0 Å². The van der Waals surface area contributed by atoms with Gasteiger partial charge >= 0.3 is 0 Å². The Bertz CT molecular complexity index is 1630. The molecule has 44 heavy (non-hydrogen) atoms. The molecule has 7 rings (SSSR count). The smallest absolute Gasteiger partial charge is 0.245 e. The lowest BCUT2D eigenvalue weighted by molar-refractivity contribution is -0.136. The van der Waals surface area contributed by atoms with Crippen LogP contribution in [-0.2, 0) is 4.79 Å². The van der Waals surface area contributed by atoms with E-state index in [-0.39, 0.29) is 11.3 Å². The van der Waals surface area contributed by atoms with Crippen molar-refractivity contribution in [3.8, 4) is 17.3 Å². The number of aryl methyl sites for hydroxylation is 1. The number of carbonyl (C=O) groups excluding carboxylic acids is 1. The first kappa shape index (κ1) is 28.7. The van der Waals surface area contributed by atoms with E-state index >= 15 is 0 Å². The number of fused-ring (bicyclic) bond motifs is 1. The average Bonchev–Trinajstić information content (AvgIpc) is 3.69. The number of aromatic amines is 1. The molecular weight excluding hydrogens is 552 g/mol. The number of H-pyrrole nitrogens is 1. The summed E-state index contributed by atoms with van der Waals surface area (Å²) in [6, 6.07) is 7.74. The Balaban J connectivity index is 1.22. The number of nitrogens with one attached hydrogen (secondary N) is 1. The third kappa shape index (κ3) is 4.90. The quantitative estimate of drug-likeness (QED) is 0.446. The zero-order chi connectivity index (χ0) is 30.6. The molecule has 0 aliphatic carbocycles. The molecule has 11 heteroatoms. The number of anilines is 2. The topological polar surface area (TPSA) is 112 Å². The van der Waals surface area contributed by atoms with Crippen LogP contribution in [0.5, 0.6) is 0 Å². The van der Waals surface area contributed by atoms with Crippen LogP contribution in [-0.4, -0.2) is 119 Å². The van der Waals surface area contributed by atoms with E-state index in [0.717, 1.165) is 87.1 Å². The van der Waals surface area contributed by atoms with Crippen molar-refractivity contribution in [3.05, 3.63) is 42.1 Å². The number of piperazine rings is 1. The summed E-state index contributed by atoms with van der Waals surface area (Å²) in [5.74, 6) is 1.38. The summed E-state index contributed by atoms with van der Waals surface area (Å²) < 4.78 is 0. The highest BCUT2D eigenvalue weighted by atomic mass is 16.2. The molecule has 0 radical (unpaired) electrons. The van der Waals surface area contributed by atoms with E-state index in [1.54, 1.807) is 0 Å². The van der Waals surface area contributed by atoms with Crippen molar-refractivity contribution in [1.82, 2.24) is 34.9 Å². The second kappa shape index (κ2) is 11.2. The fourth-order valence-corrected chi connectivity index (χ4v) is 7.79. The minimum absolute atomic E-state index is 0.0171. The van der Waals surface area contributed by atoms with Crippen LogP contribution in [0.15, 0.2) is 31.0 Å². The molecule has 0 saturated carbocycles. The number of amides is 1. The van der Waals surface area contributed by atoms with Gasteiger partial charge in [-0.3, -0.25) is 14.8 Å². The molecule has 4 saturated heterocycles. The summed E-state index contributed by atoms with van der Waals surface area (Å²) >= 11 is 0. The summed E-state index contributed by atoms with van der Waals surface area (Å²) in [4.78, 5) is 34.1. The number of nitriles is 1. The lowest BCUT2D eigenvalue weighted by Gasteiger charge is -2.47. The number of benzene rings is 1. The Morgan fingerprint density at radius 3 is 2.64 bits per heavy atom. The van der Waals surface area contributed by atoms with Crippen molar-refractivity contribution in [2.45, 2.75) is 45.2 Å². The zero-order valence-corrected chi connectivity index (χ0v) is 26.1. The number of hydrogen-bond acceptors (Lipinski definition) is 9. The van der Waals surface area contributed by atoms with E-state index in [1.165, 1.54) is 6.08 Å². The number of aromatic nitrogens is 4. The van der Waals surface area contributed by atoms with E-state index in [9.17, 15) is 10.1 Å². The Labute approximate surface area is 259 Å². The number of likely N-dealkylation sites (tertiary alicyclic amines) is 1. The van der Waals surface area contributed by atoms with Gasteiger partial charge in [-0.25, -0.2) is 4.98 Å². The van der Waals surface area contributed by atoms with Gasteiger partial charge in [0.1, 0.15) is 11.6 Å². The lowest BCUT2D eigenvalue weighted by atomic mass is 9.79. The molecule has 1 atom stereocenters. The second-order valence-electron chi connectivity index (χ2n) is 13.4. The molecular formula is C33H42N10O. The van der Waals surface area contributed by atoms with Crippen molar-refractivity contribution in [3.63, 3.8) is 0 Å². The van der Waals surface area contributed by atoms with Gasteiger partial charge in [-0.15, -0.1) is 0 Å². The molecule has 1 N–H and O–H groups in total. The first-order valence-corrected chi connectivity index (χ1v) is 15.9. The maximum atomic E-state index is 12.2. The van der Waals surface area contributed by atoms with Gasteiger partial charge in [-0.1, -0.05) is 12.6 Å². The number of nitrogens with zero attached hydrogens (tertiary/aromatic N) is 9. The highest BCUT2D eigenvalue weighted by molar-refractivity contribution is 5.97. The molecule has 4 aliphatic heterocycles. The van der Waals surface area contributed by atoms with Gasteiger partial charge in [0.2, 0.25) is 11.9 Å². The van der Waals surface area contributed by atoms with Crippen molar-refractivity contribution in [2.24, 2.45) is 5.41 Å². The first-order valence-electron chi connectivity index (χ1n) is 15.9. The monoisotopic (exact) mass is 594 g/mol. The fourth-order valence-electron chi connectivity index (χ4n) is 7.79. The summed E-state index contributed by atoms with van der Waals surface area (Å²) in [6.07, 6.45) is 6.32. The number of rotatable bonds is 5. The van der Waals surface area contributed by atoms with E-state index in [2.05, 4.69) is 69.4 Å². The summed E-state index contributed by atoms with van der Waals surface area (Å²) in [6.45, 7) is 16.1. The molecule has 1 aromatic carbocycles. The fraction of sp³-hybridized carbons (Fsp3) is 0.545. The van der Waals surface area contributed by atoms with Gasteiger partial charge in [-0.2, -0.15) is 15.3 Å². The van der Waals surface area contributed by atoms with Gasteiger partial charge in [0.15, 0.2) is 5.82 Å². The third-order valence-corrected chi connectivity index (χ3v) is 10.6.